The quantitative estimate of drug-likeness (QED) is 0.106. The van der Waals surface area contributed by atoms with Crippen molar-refractivity contribution in [1.29, 1.82) is 0 Å². The first kappa shape index (κ1) is 56.6. The number of nitrogens with one attached hydrogen (secondary N) is 2. The van der Waals surface area contributed by atoms with Gasteiger partial charge in [-0.05, 0) is 110 Å². The summed E-state index contributed by atoms with van der Waals surface area (Å²) in [7, 11) is 0. The van der Waals surface area contributed by atoms with Crippen LogP contribution >= 0.6 is 0 Å². The van der Waals surface area contributed by atoms with Crippen LogP contribution in [0.4, 0.5) is 13.2 Å². The van der Waals surface area contributed by atoms with Crippen molar-refractivity contribution in [3.63, 3.8) is 0 Å². The molecule has 0 spiro atoms. The summed E-state index contributed by atoms with van der Waals surface area (Å²) in [4.78, 5) is 91.6. The summed E-state index contributed by atoms with van der Waals surface area (Å²) in [5, 5.41) is 12.3. The van der Waals surface area contributed by atoms with E-state index in [-0.39, 0.29) is 96.7 Å². The second-order valence-electron chi connectivity index (χ2n) is 23.1. The number of carbonyl (C=O) groups excluding carboxylic acids is 4. The molecule has 1 aliphatic carbocycles. The largest absolute Gasteiger partial charge is 0.375 e. The van der Waals surface area contributed by atoms with Crippen molar-refractivity contribution in [3.8, 4) is 0 Å². The first-order valence-corrected chi connectivity index (χ1v) is 29.4. The fourth-order valence-corrected chi connectivity index (χ4v) is 13.1. The fraction of sp³-hybridized carbons (Fsp3) is 0.476. The number of fused-ring (bicyclic) bond motifs is 2. The molecule has 2 aromatic heterocycles. The van der Waals surface area contributed by atoms with Crippen LogP contribution < -0.4 is 16.4 Å². The summed E-state index contributed by atoms with van der Waals surface area (Å²) in [6.45, 7) is 5.22. The lowest BCUT2D eigenvalue weighted by molar-refractivity contribution is -0.141. The van der Waals surface area contributed by atoms with Crippen LogP contribution in [0.3, 0.4) is 0 Å². The van der Waals surface area contributed by atoms with E-state index in [1.54, 1.807) is 44.8 Å². The molecule has 0 bridgehead atoms. The van der Waals surface area contributed by atoms with E-state index in [0.29, 0.717) is 99.0 Å². The molecule has 5 fully saturated rings. The molecule has 2 atom stereocenters. The van der Waals surface area contributed by atoms with Gasteiger partial charge in [-0.3, -0.25) is 33.7 Å². The van der Waals surface area contributed by atoms with Crippen molar-refractivity contribution in [3.05, 3.63) is 157 Å². The van der Waals surface area contributed by atoms with Gasteiger partial charge in [-0.2, -0.15) is 5.10 Å². The van der Waals surface area contributed by atoms with E-state index >= 15 is 4.39 Å². The van der Waals surface area contributed by atoms with Crippen LogP contribution in [0.25, 0.3) is 21.5 Å². The number of amides is 4. The molecule has 1 saturated carbocycles. The highest BCUT2D eigenvalue weighted by Crippen LogP contribution is 2.36. The highest BCUT2D eigenvalue weighted by atomic mass is 19.1. The summed E-state index contributed by atoms with van der Waals surface area (Å²) in [5.74, 6) is -2.45. The highest BCUT2D eigenvalue weighted by Gasteiger charge is 2.38. The topological polar surface area (TPSA) is 173 Å². The second-order valence-corrected chi connectivity index (χ2v) is 23.1. The number of nitrogens with zero attached hydrogens (tertiary/aromatic N) is 7. The molecule has 432 valence electrons. The number of benzene rings is 4. The van der Waals surface area contributed by atoms with Crippen LogP contribution in [0, 0.1) is 23.4 Å². The average Bonchev–Trinajstić information content (AvgIpc) is 3.68. The molecule has 2 N–H and O–H groups in total. The lowest BCUT2D eigenvalue weighted by Gasteiger charge is -2.40. The standard InChI is InChI=1S/C63H72F3N9O7/c64-47-16-15-45(55(66)36-47)37-67-38-57(76)74-23-6-9-46(39-74)44-14-13-42-18-28-75(62(80)52(42)35-44)59(43-7-2-1-3-8-43)63(81)72-26-21-49(22-27-72)82-48-19-24-70(25-20-48)40-58(77)71-29-31-73(32-30-71)61(79)53-33-41(12-17-54(53)65)34-56-50-10-4-5-11-51(50)60(78)69-68-56/h4-5,10-18,28,33,35-36,43,46,48-49,59,67H,1-3,6-9,19-27,29-32,34,37-40H2,(H,69,78)/t46?,59-/m1/s1. The van der Waals surface area contributed by atoms with Gasteiger partial charge in [0.15, 0.2) is 0 Å². The van der Waals surface area contributed by atoms with E-state index in [4.69, 9.17) is 4.74 Å². The molecule has 4 aliphatic heterocycles. The summed E-state index contributed by atoms with van der Waals surface area (Å²) < 4.78 is 51.1. The molecule has 11 rings (SSSR count). The number of hydrogen-bond acceptors (Lipinski definition) is 10. The van der Waals surface area contributed by atoms with Crippen LogP contribution in [0.5, 0.6) is 0 Å². The first-order valence-electron chi connectivity index (χ1n) is 29.4. The Morgan fingerprint density at radius 3 is 2.15 bits per heavy atom. The molecule has 4 aromatic carbocycles. The van der Waals surface area contributed by atoms with Crippen molar-refractivity contribution in [2.24, 2.45) is 5.92 Å². The number of H-pyrrole nitrogens is 1. The van der Waals surface area contributed by atoms with Crippen LogP contribution in [0.1, 0.15) is 115 Å². The number of ether oxygens (including phenoxy) is 1. The van der Waals surface area contributed by atoms with Gasteiger partial charge in [-0.1, -0.05) is 61.7 Å². The number of hydrogen-bond donors (Lipinski definition) is 2. The Hall–Kier alpha value is -7.22. The number of aromatic amines is 1. The zero-order valence-corrected chi connectivity index (χ0v) is 46.3. The number of rotatable bonds is 15. The normalized spacial score (nSPS) is 19.5. The minimum atomic E-state index is -0.660. The van der Waals surface area contributed by atoms with Gasteiger partial charge in [0.2, 0.25) is 17.7 Å². The van der Waals surface area contributed by atoms with Crippen molar-refractivity contribution >= 4 is 45.2 Å². The molecule has 6 heterocycles. The molecule has 1 unspecified atom stereocenters. The van der Waals surface area contributed by atoms with Crippen LogP contribution in [-0.4, -0.2) is 154 Å². The number of halogens is 3. The van der Waals surface area contributed by atoms with Crippen LogP contribution in [0.15, 0.2) is 101 Å². The van der Waals surface area contributed by atoms with Crippen LogP contribution in [0.2, 0.25) is 0 Å². The number of carbonyl (C=O) groups is 4. The van der Waals surface area contributed by atoms with Crippen molar-refractivity contribution in [1.82, 2.24) is 44.6 Å². The maximum atomic E-state index is 15.2. The summed E-state index contributed by atoms with van der Waals surface area (Å²) in [5.41, 5.74) is 2.03. The maximum absolute atomic E-state index is 15.2. The number of pyridine rings is 1. The smallest absolute Gasteiger partial charge is 0.272 e. The van der Waals surface area contributed by atoms with Gasteiger partial charge in [0.1, 0.15) is 23.5 Å². The molecular weight excluding hydrogens is 1050 g/mol. The van der Waals surface area contributed by atoms with Crippen molar-refractivity contribution in [2.75, 3.05) is 78.5 Å². The Morgan fingerprint density at radius 2 is 1.39 bits per heavy atom. The maximum Gasteiger partial charge on any atom is 0.272 e. The van der Waals surface area contributed by atoms with Gasteiger partial charge in [0, 0.05) is 113 Å². The lowest BCUT2D eigenvalue weighted by Crippen LogP contribution is -2.53. The van der Waals surface area contributed by atoms with E-state index in [2.05, 4.69) is 20.4 Å². The van der Waals surface area contributed by atoms with Gasteiger partial charge >= 0.3 is 0 Å². The van der Waals surface area contributed by atoms with E-state index in [1.165, 1.54) is 18.2 Å². The van der Waals surface area contributed by atoms with Crippen LogP contribution in [-0.2, 0) is 32.1 Å². The highest BCUT2D eigenvalue weighted by molar-refractivity contribution is 5.95. The molecule has 5 aliphatic rings. The minimum Gasteiger partial charge on any atom is -0.375 e. The Morgan fingerprint density at radius 1 is 0.659 bits per heavy atom. The van der Waals surface area contributed by atoms with Crippen molar-refractivity contribution in [2.45, 2.75) is 108 Å². The minimum absolute atomic E-state index is 0.00608. The molecular formula is C63H72F3N9O7. The average molecular weight is 1120 g/mol. The van der Waals surface area contributed by atoms with Gasteiger partial charge in [-0.25, -0.2) is 18.3 Å². The fourth-order valence-electron chi connectivity index (χ4n) is 13.1. The molecule has 4 saturated heterocycles. The predicted molar refractivity (Wildman–Crippen MR) is 305 cm³/mol. The molecule has 0 radical (unpaired) electrons. The zero-order chi connectivity index (χ0) is 56.9. The molecule has 82 heavy (non-hydrogen) atoms. The summed E-state index contributed by atoms with van der Waals surface area (Å²) in [6.07, 6.45) is 11.6. The Kier molecular flexibility index (Phi) is 17.6. The van der Waals surface area contributed by atoms with E-state index < -0.39 is 29.4 Å². The van der Waals surface area contributed by atoms with Gasteiger partial charge < -0.3 is 34.2 Å². The number of piperidine rings is 3. The first-order chi connectivity index (χ1) is 39.8. The number of piperazine rings is 1. The zero-order valence-electron chi connectivity index (χ0n) is 46.3. The Labute approximate surface area is 474 Å². The Bertz CT molecular complexity index is 3440. The predicted octanol–water partition coefficient (Wildman–Crippen LogP) is 7.32. The summed E-state index contributed by atoms with van der Waals surface area (Å²) >= 11 is 0. The summed E-state index contributed by atoms with van der Waals surface area (Å²) in [6, 6.07) is 22.3. The Balaban J connectivity index is 0.642. The van der Waals surface area contributed by atoms with E-state index in [1.807, 2.05) is 46.2 Å². The van der Waals surface area contributed by atoms with Gasteiger partial charge in [0.05, 0.1) is 41.9 Å². The van der Waals surface area contributed by atoms with Gasteiger partial charge in [-0.15, -0.1) is 0 Å². The third-order valence-corrected chi connectivity index (χ3v) is 17.8. The third-order valence-electron chi connectivity index (χ3n) is 17.8. The SMILES string of the molecule is O=C(CN1CCC(OC2CCN(C(=O)[C@@H](C3CCCCC3)n3ccc4ccc(C5CCCN(C(=O)CNCc6ccc(F)cc6F)C5)cc4c3=O)CC2)CC1)N1CCN(C(=O)c2cc(Cc3n[nH]c(=O)c4ccccc34)ccc2F)CC1. The second kappa shape index (κ2) is 25.5. The molecule has 4 amide bonds. The number of likely N-dealkylation sites (tertiary alicyclic amines) is 3. The molecule has 19 heteroatoms. The van der Waals surface area contributed by atoms with E-state index in [0.717, 1.165) is 74.8 Å². The monoisotopic (exact) mass is 1120 g/mol. The lowest BCUT2D eigenvalue weighted by atomic mass is 9.82. The van der Waals surface area contributed by atoms with Gasteiger partial charge in [0.25, 0.3) is 17.0 Å². The van der Waals surface area contributed by atoms with Crippen molar-refractivity contribution < 1.29 is 37.1 Å². The molecule has 6 aromatic rings. The molecule has 16 nitrogen and oxygen atoms in total. The number of aromatic nitrogens is 3. The van der Waals surface area contributed by atoms with E-state index in [9.17, 15) is 37.5 Å². The third kappa shape index (κ3) is 12.9.